The lowest BCUT2D eigenvalue weighted by Crippen LogP contribution is -1.90. The van der Waals surface area contributed by atoms with Gasteiger partial charge in [0.05, 0.1) is 4.88 Å². The maximum absolute atomic E-state index is 10.8. The first-order chi connectivity index (χ1) is 7.61. The summed E-state index contributed by atoms with van der Waals surface area (Å²) in [4.78, 5) is 15.9. The summed E-state index contributed by atoms with van der Waals surface area (Å²) in [6.45, 7) is 3.91. The van der Waals surface area contributed by atoms with E-state index in [-0.39, 0.29) is 0 Å². The molecule has 0 N–H and O–H groups in total. The molecule has 16 heavy (non-hydrogen) atoms. The topological polar surface area (TPSA) is 30.0 Å². The Morgan fingerprint density at radius 3 is 2.62 bits per heavy atom. The van der Waals surface area contributed by atoms with Crippen molar-refractivity contribution in [3.8, 4) is 10.4 Å². The van der Waals surface area contributed by atoms with Gasteiger partial charge in [-0.3, -0.25) is 4.79 Å². The Balaban J connectivity index is 2.58. The Labute approximate surface area is 103 Å². The summed E-state index contributed by atoms with van der Waals surface area (Å²) < 4.78 is 0.534. The fraction of sp³-hybridized carbons (Fsp3) is 0.167. The number of rotatable bonds is 2. The fourth-order valence-electron chi connectivity index (χ4n) is 1.61. The van der Waals surface area contributed by atoms with Crippen molar-refractivity contribution in [2.24, 2.45) is 0 Å². The second kappa shape index (κ2) is 4.36. The van der Waals surface area contributed by atoms with Gasteiger partial charge in [0.2, 0.25) is 0 Å². The summed E-state index contributed by atoms with van der Waals surface area (Å²) in [5, 5.41) is 0. The first kappa shape index (κ1) is 11.3. The van der Waals surface area contributed by atoms with E-state index in [9.17, 15) is 4.79 Å². The number of benzene rings is 1. The standard InChI is InChI=1S/C12H10ClNOS/c1-7-4-10(8(2)3-9(7)6-15)11-5-14-12(13)16-11/h3-6H,1-2H3. The summed E-state index contributed by atoms with van der Waals surface area (Å²) in [5.41, 5.74) is 3.86. The van der Waals surface area contributed by atoms with Crippen LogP contribution < -0.4 is 0 Å². The molecule has 1 aromatic carbocycles. The Bertz CT molecular complexity index is 548. The number of halogens is 1. The minimum absolute atomic E-state index is 0.534. The van der Waals surface area contributed by atoms with Crippen LogP contribution in [-0.2, 0) is 0 Å². The third kappa shape index (κ3) is 2.01. The molecule has 0 bridgehead atoms. The van der Waals surface area contributed by atoms with E-state index in [1.54, 1.807) is 6.20 Å². The molecular weight excluding hydrogens is 242 g/mol. The van der Waals surface area contributed by atoms with Gasteiger partial charge < -0.3 is 0 Å². The highest BCUT2D eigenvalue weighted by molar-refractivity contribution is 7.18. The molecular formula is C12H10ClNOS. The quantitative estimate of drug-likeness (QED) is 0.758. The van der Waals surface area contributed by atoms with Gasteiger partial charge in [-0.1, -0.05) is 11.6 Å². The van der Waals surface area contributed by atoms with Crippen LogP contribution in [0.2, 0.25) is 4.47 Å². The lowest BCUT2D eigenvalue weighted by molar-refractivity contribution is 0.112. The van der Waals surface area contributed by atoms with Crippen molar-refractivity contribution in [3.05, 3.63) is 39.5 Å². The molecule has 82 valence electrons. The van der Waals surface area contributed by atoms with Gasteiger partial charge in [-0.05, 0) is 42.7 Å². The van der Waals surface area contributed by atoms with Crippen molar-refractivity contribution in [2.45, 2.75) is 13.8 Å². The van der Waals surface area contributed by atoms with Crippen molar-refractivity contribution >= 4 is 29.2 Å². The number of thiazole rings is 1. The monoisotopic (exact) mass is 251 g/mol. The van der Waals surface area contributed by atoms with Gasteiger partial charge in [0.25, 0.3) is 0 Å². The molecule has 0 aliphatic carbocycles. The highest BCUT2D eigenvalue weighted by Crippen LogP contribution is 2.32. The number of aryl methyl sites for hydroxylation is 2. The molecule has 1 heterocycles. The van der Waals surface area contributed by atoms with Crippen molar-refractivity contribution in [3.63, 3.8) is 0 Å². The van der Waals surface area contributed by atoms with Gasteiger partial charge in [-0.25, -0.2) is 4.98 Å². The van der Waals surface area contributed by atoms with E-state index in [2.05, 4.69) is 4.98 Å². The van der Waals surface area contributed by atoms with Crippen LogP contribution in [0.5, 0.6) is 0 Å². The summed E-state index contributed by atoms with van der Waals surface area (Å²) in [5.74, 6) is 0. The van der Waals surface area contributed by atoms with Crippen LogP contribution in [0.3, 0.4) is 0 Å². The third-order valence-electron chi connectivity index (χ3n) is 2.48. The van der Waals surface area contributed by atoms with Crippen LogP contribution in [0.1, 0.15) is 21.5 Å². The maximum atomic E-state index is 10.8. The zero-order valence-electron chi connectivity index (χ0n) is 8.95. The molecule has 0 unspecified atom stereocenters. The Hall–Kier alpha value is -1.19. The number of aldehydes is 1. The van der Waals surface area contributed by atoms with Gasteiger partial charge in [0.1, 0.15) is 6.29 Å². The Morgan fingerprint density at radius 2 is 2.06 bits per heavy atom. The van der Waals surface area contributed by atoms with Crippen LogP contribution in [0.4, 0.5) is 0 Å². The number of hydrogen-bond donors (Lipinski definition) is 0. The SMILES string of the molecule is Cc1cc(-c2cnc(Cl)s2)c(C)cc1C=O. The molecule has 1 aromatic heterocycles. The van der Waals surface area contributed by atoms with E-state index in [1.165, 1.54) is 11.3 Å². The summed E-state index contributed by atoms with van der Waals surface area (Å²) in [6, 6.07) is 3.90. The Morgan fingerprint density at radius 1 is 1.31 bits per heavy atom. The molecule has 2 aromatic rings. The predicted molar refractivity (Wildman–Crippen MR) is 67.4 cm³/mol. The molecule has 0 aliphatic heterocycles. The van der Waals surface area contributed by atoms with Gasteiger partial charge in [0, 0.05) is 11.8 Å². The van der Waals surface area contributed by atoms with Crippen molar-refractivity contribution in [1.29, 1.82) is 0 Å². The molecule has 0 saturated heterocycles. The molecule has 0 atom stereocenters. The molecule has 0 fully saturated rings. The van der Waals surface area contributed by atoms with Gasteiger partial charge in [-0.2, -0.15) is 0 Å². The highest BCUT2D eigenvalue weighted by Gasteiger charge is 2.08. The third-order valence-corrected chi connectivity index (χ3v) is 3.63. The van der Waals surface area contributed by atoms with E-state index >= 15 is 0 Å². The lowest BCUT2D eigenvalue weighted by atomic mass is 10.00. The van der Waals surface area contributed by atoms with Crippen LogP contribution in [-0.4, -0.2) is 11.3 Å². The zero-order valence-corrected chi connectivity index (χ0v) is 10.5. The zero-order chi connectivity index (χ0) is 11.7. The van der Waals surface area contributed by atoms with Crippen molar-refractivity contribution in [1.82, 2.24) is 4.98 Å². The number of aromatic nitrogens is 1. The van der Waals surface area contributed by atoms with E-state index < -0.39 is 0 Å². The first-order valence-corrected chi connectivity index (χ1v) is 5.99. The molecule has 2 rings (SSSR count). The molecule has 0 amide bonds. The van der Waals surface area contributed by atoms with Gasteiger partial charge in [0.15, 0.2) is 4.47 Å². The van der Waals surface area contributed by atoms with E-state index in [0.29, 0.717) is 4.47 Å². The van der Waals surface area contributed by atoms with Crippen LogP contribution in [0.25, 0.3) is 10.4 Å². The predicted octanol–water partition coefficient (Wildman–Crippen LogP) is 3.89. The second-order valence-electron chi connectivity index (χ2n) is 3.62. The normalized spacial score (nSPS) is 10.4. The maximum Gasteiger partial charge on any atom is 0.184 e. The Kier molecular flexibility index (Phi) is 3.08. The number of nitrogens with zero attached hydrogens (tertiary/aromatic N) is 1. The lowest BCUT2D eigenvalue weighted by Gasteiger charge is -2.06. The average Bonchev–Trinajstić information content (AvgIpc) is 2.67. The summed E-state index contributed by atoms with van der Waals surface area (Å²) in [6.07, 6.45) is 2.64. The summed E-state index contributed by atoms with van der Waals surface area (Å²) >= 11 is 7.26. The molecule has 4 heteroatoms. The van der Waals surface area contributed by atoms with Crippen LogP contribution >= 0.6 is 22.9 Å². The van der Waals surface area contributed by atoms with Crippen LogP contribution in [0, 0.1) is 13.8 Å². The van der Waals surface area contributed by atoms with E-state index in [4.69, 9.17) is 11.6 Å². The number of carbonyl (C=O) groups excluding carboxylic acids is 1. The minimum Gasteiger partial charge on any atom is -0.298 e. The van der Waals surface area contributed by atoms with Gasteiger partial charge >= 0.3 is 0 Å². The molecule has 0 radical (unpaired) electrons. The van der Waals surface area contributed by atoms with Gasteiger partial charge in [-0.15, -0.1) is 11.3 Å². The number of hydrogen-bond acceptors (Lipinski definition) is 3. The minimum atomic E-state index is 0.534. The fourth-order valence-corrected chi connectivity index (χ4v) is 2.63. The molecule has 0 aliphatic rings. The average molecular weight is 252 g/mol. The van der Waals surface area contributed by atoms with Crippen LogP contribution in [0.15, 0.2) is 18.3 Å². The van der Waals surface area contributed by atoms with E-state index in [1.807, 2.05) is 26.0 Å². The second-order valence-corrected chi connectivity index (χ2v) is 5.23. The molecule has 2 nitrogen and oxygen atoms in total. The smallest absolute Gasteiger partial charge is 0.184 e. The molecule has 0 saturated carbocycles. The first-order valence-electron chi connectivity index (χ1n) is 4.80. The summed E-state index contributed by atoms with van der Waals surface area (Å²) in [7, 11) is 0. The van der Waals surface area contributed by atoms with E-state index in [0.717, 1.165) is 33.4 Å². The van der Waals surface area contributed by atoms with Crippen molar-refractivity contribution in [2.75, 3.05) is 0 Å². The molecule has 0 spiro atoms. The number of carbonyl (C=O) groups is 1. The highest BCUT2D eigenvalue weighted by atomic mass is 35.5. The largest absolute Gasteiger partial charge is 0.298 e. The van der Waals surface area contributed by atoms with Crippen molar-refractivity contribution < 1.29 is 4.79 Å².